The van der Waals surface area contributed by atoms with Crippen molar-refractivity contribution >= 4 is 18.3 Å². The van der Waals surface area contributed by atoms with Crippen molar-refractivity contribution in [1.82, 2.24) is 4.90 Å². The van der Waals surface area contributed by atoms with Crippen LogP contribution in [0.25, 0.3) is 0 Å². The monoisotopic (exact) mass is 314 g/mol. The summed E-state index contributed by atoms with van der Waals surface area (Å²) >= 11 is 0. The lowest BCUT2D eigenvalue weighted by atomic mass is 9.51. The molecule has 0 aromatic heterocycles. The standard InChI is InChI=1S/C16H26N2O2.ClH/c17-8-14-9-18(1-2-20-14)16(19)15-12-4-10-3-11(6-12)7-13(15)5-10;/h10-15H,1-9,17H2;1H. The molecule has 0 aromatic carbocycles. The van der Waals surface area contributed by atoms with Gasteiger partial charge in [-0.25, -0.2) is 0 Å². The average molecular weight is 315 g/mol. The van der Waals surface area contributed by atoms with Crippen molar-refractivity contribution in [2.24, 2.45) is 35.3 Å². The molecule has 4 nitrogen and oxygen atoms in total. The van der Waals surface area contributed by atoms with Crippen LogP contribution in [0, 0.1) is 29.6 Å². The first-order valence-corrected chi connectivity index (χ1v) is 8.35. The zero-order chi connectivity index (χ0) is 13.7. The van der Waals surface area contributed by atoms with Gasteiger partial charge >= 0.3 is 0 Å². The summed E-state index contributed by atoms with van der Waals surface area (Å²) in [4.78, 5) is 15.0. The molecule has 21 heavy (non-hydrogen) atoms. The number of nitrogens with two attached hydrogens (primary N) is 1. The molecule has 0 radical (unpaired) electrons. The predicted molar refractivity (Wildman–Crippen MR) is 83.2 cm³/mol. The minimum atomic E-state index is 0. The molecule has 1 saturated heterocycles. The summed E-state index contributed by atoms with van der Waals surface area (Å²) in [7, 11) is 0. The molecule has 5 rings (SSSR count). The molecule has 1 unspecified atom stereocenters. The molecule has 1 atom stereocenters. The molecule has 5 heteroatoms. The highest BCUT2D eigenvalue weighted by molar-refractivity contribution is 5.85. The highest BCUT2D eigenvalue weighted by atomic mass is 35.5. The molecule has 0 spiro atoms. The van der Waals surface area contributed by atoms with Gasteiger partial charge in [-0.2, -0.15) is 0 Å². The molecule has 120 valence electrons. The Morgan fingerprint density at radius 2 is 1.71 bits per heavy atom. The van der Waals surface area contributed by atoms with E-state index in [9.17, 15) is 4.79 Å². The van der Waals surface area contributed by atoms with Crippen LogP contribution in [-0.4, -0.2) is 43.2 Å². The molecule has 4 aliphatic carbocycles. The third-order valence-corrected chi connectivity index (χ3v) is 6.23. The first-order chi connectivity index (χ1) is 9.74. The van der Waals surface area contributed by atoms with Gasteiger partial charge in [-0.3, -0.25) is 4.79 Å². The average Bonchev–Trinajstić information content (AvgIpc) is 2.46. The fourth-order valence-electron chi connectivity index (χ4n) is 5.60. The lowest BCUT2D eigenvalue weighted by Gasteiger charge is -2.54. The van der Waals surface area contributed by atoms with Crippen LogP contribution in [0.5, 0.6) is 0 Å². The van der Waals surface area contributed by atoms with E-state index in [-0.39, 0.29) is 18.5 Å². The minimum absolute atomic E-state index is 0. The fraction of sp³-hybridized carbons (Fsp3) is 0.938. The first kappa shape index (κ1) is 15.6. The van der Waals surface area contributed by atoms with Crippen LogP contribution in [0.2, 0.25) is 0 Å². The second-order valence-electron chi connectivity index (χ2n) is 7.47. The Hall–Kier alpha value is -0.320. The van der Waals surface area contributed by atoms with Crippen molar-refractivity contribution in [1.29, 1.82) is 0 Å². The second-order valence-corrected chi connectivity index (χ2v) is 7.47. The molecule has 1 aliphatic heterocycles. The maximum absolute atomic E-state index is 13.0. The molecule has 2 N–H and O–H groups in total. The van der Waals surface area contributed by atoms with Gasteiger partial charge in [0.25, 0.3) is 0 Å². The lowest BCUT2D eigenvalue weighted by Crippen LogP contribution is -2.55. The predicted octanol–water partition coefficient (Wildman–Crippen LogP) is 1.67. The van der Waals surface area contributed by atoms with E-state index in [4.69, 9.17) is 10.5 Å². The number of hydrogen-bond acceptors (Lipinski definition) is 3. The van der Waals surface area contributed by atoms with Gasteiger partial charge in [0.15, 0.2) is 0 Å². The van der Waals surface area contributed by atoms with Crippen molar-refractivity contribution in [3.63, 3.8) is 0 Å². The van der Waals surface area contributed by atoms with Crippen molar-refractivity contribution in [2.75, 3.05) is 26.2 Å². The van der Waals surface area contributed by atoms with Gasteiger partial charge < -0.3 is 15.4 Å². The Morgan fingerprint density at radius 1 is 1.10 bits per heavy atom. The molecular formula is C16H27ClN2O2. The molecule has 1 amide bonds. The molecule has 4 saturated carbocycles. The summed E-state index contributed by atoms with van der Waals surface area (Å²) < 4.78 is 5.59. The zero-order valence-corrected chi connectivity index (χ0v) is 13.4. The van der Waals surface area contributed by atoms with Gasteiger partial charge in [0, 0.05) is 25.6 Å². The smallest absolute Gasteiger partial charge is 0.226 e. The van der Waals surface area contributed by atoms with Gasteiger partial charge in [-0.1, -0.05) is 0 Å². The van der Waals surface area contributed by atoms with Crippen molar-refractivity contribution in [2.45, 2.75) is 38.2 Å². The topological polar surface area (TPSA) is 55.6 Å². The highest BCUT2D eigenvalue weighted by Gasteiger charge is 2.51. The Bertz CT molecular complexity index is 376. The number of hydrogen-bond donors (Lipinski definition) is 1. The summed E-state index contributed by atoms with van der Waals surface area (Å²) in [6.07, 6.45) is 6.75. The van der Waals surface area contributed by atoms with E-state index >= 15 is 0 Å². The SMILES string of the molecule is Cl.NCC1CN(C(=O)C2C3CC4CC(C3)CC2C4)CCO1. The maximum Gasteiger partial charge on any atom is 0.226 e. The Kier molecular flexibility index (Phi) is 4.49. The van der Waals surface area contributed by atoms with E-state index in [0.717, 1.165) is 18.4 Å². The third kappa shape index (κ3) is 2.71. The molecule has 5 aliphatic rings. The number of carbonyl (C=O) groups is 1. The lowest BCUT2D eigenvalue weighted by molar-refractivity contribution is -0.155. The number of rotatable bonds is 2. The van der Waals surface area contributed by atoms with Crippen LogP contribution >= 0.6 is 12.4 Å². The summed E-state index contributed by atoms with van der Waals surface area (Å²) in [6.45, 7) is 2.64. The Labute approximate surface area is 133 Å². The Morgan fingerprint density at radius 3 is 2.29 bits per heavy atom. The van der Waals surface area contributed by atoms with Gasteiger partial charge in [0.1, 0.15) is 0 Å². The summed E-state index contributed by atoms with van der Waals surface area (Å²) in [6, 6.07) is 0. The number of ether oxygens (including phenoxy) is 1. The number of nitrogens with zero attached hydrogens (tertiary/aromatic N) is 1. The normalized spacial score (nSPS) is 44.5. The van der Waals surface area contributed by atoms with Crippen LogP contribution in [0.3, 0.4) is 0 Å². The number of halogens is 1. The second kappa shape index (κ2) is 6.05. The van der Waals surface area contributed by atoms with Crippen LogP contribution in [0.1, 0.15) is 32.1 Å². The maximum atomic E-state index is 13.0. The van der Waals surface area contributed by atoms with Gasteiger partial charge in [-0.15, -0.1) is 12.4 Å². The van der Waals surface area contributed by atoms with Crippen LogP contribution in [0.15, 0.2) is 0 Å². The van der Waals surface area contributed by atoms with Gasteiger partial charge in [0.05, 0.1) is 12.7 Å². The largest absolute Gasteiger partial charge is 0.373 e. The first-order valence-electron chi connectivity index (χ1n) is 8.35. The van der Waals surface area contributed by atoms with Gasteiger partial charge in [0.2, 0.25) is 5.91 Å². The summed E-state index contributed by atoms with van der Waals surface area (Å²) in [5.74, 6) is 3.96. The van der Waals surface area contributed by atoms with Gasteiger partial charge in [-0.05, 0) is 55.8 Å². The van der Waals surface area contributed by atoms with Crippen molar-refractivity contribution in [3.05, 3.63) is 0 Å². The van der Waals surface area contributed by atoms with E-state index in [1.54, 1.807) is 0 Å². The fourth-order valence-corrected chi connectivity index (χ4v) is 5.60. The highest BCUT2D eigenvalue weighted by Crippen LogP contribution is 2.56. The van der Waals surface area contributed by atoms with E-state index in [2.05, 4.69) is 0 Å². The van der Waals surface area contributed by atoms with E-state index < -0.39 is 0 Å². The molecule has 0 aromatic rings. The molecule has 5 fully saturated rings. The Balaban J connectivity index is 0.00000132. The molecule has 1 heterocycles. The van der Waals surface area contributed by atoms with E-state index in [0.29, 0.717) is 43.4 Å². The van der Waals surface area contributed by atoms with E-state index in [1.165, 1.54) is 32.1 Å². The van der Waals surface area contributed by atoms with E-state index in [1.807, 2.05) is 4.90 Å². The van der Waals surface area contributed by atoms with Crippen LogP contribution < -0.4 is 5.73 Å². The zero-order valence-electron chi connectivity index (χ0n) is 12.6. The minimum Gasteiger partial charge on any atom is -0.373 e. The molecular weight excluding hydrogens is 288 g/mol. The number of amides is 1. The quantitative estimate of drug-likeness (QED) is 0.843. The number of carbonyl (C=O) groups excluding carboxylic acids is 1. The molecule has 4 bridgehead atoms. The number of morpholine rings is 1. The van der Waals surface area contributed by atoms with Crippen LogP contribution in [-0.2, 0) is 9.53 Å². The third-order valence-electron chi connectivity index (χ3n) is 6.23. The van der Waals surface area contributed by atoms with Crippen molar-refractivity contribution < 1.29 is 9.53 Å². The summed E-state index contributed by atoms with van der Waals surface area (Å²) in [5.41, 5.74) is 5.70. The van der Waals surface area contributed by atoms with Crippen LogP contribution in [0.4, 0.5) is 0 Å². The summed E-state index contributed by atoms with van der Waals surface area (Å²) in [5, 5.41) is 0. The van der Waals surface area contributed by atoms with Crippen molar-refractivity contribution in [3.8, 4) is 0 Å².